The Morgan fingerprint density at radius 3 is 3.07 bits per heavy atom. The summed E-state index contributed by atoms with van der Waals surface area (Å²) in [5, 5.41) is 0. The van der Waals surface area contributed by atoms with Crippen LogP contribution < -0.4 is 5.73 Å². The van der Waals surface area contributed by atoms with Crippen LogP contribution in [0.1, 0.15) is 37.7 Å². The summed E-state index contributed by atoms with van der Waals surface area (Å²) in [5.74, 6) is 1.71. The number of Topliss-reactive ketones (excluding diaryl/α,β-unsaturated/α-hetero) is 1. The molecule has 1 aliphatic carbocycles. The van der Waals surface area contributed by atoms with Gasteiger partial charge in [0, 0.05) is 19.0 Å². The van der Waals surface area contributed by atoms with E-state index in [4.69, 9.17) is 5.73 Å². The molecule has 80 valence electrons. The predicted octanol–water partition coefficient (Wildman–Crippen LogP) is 2.14. The number of pyridine rings is 1. The van der Waals surface area contributed by atoms with E-state index < -0.39 is 0 Å². The highest BCUT2D eigenvalue weighted by molar-refractivity contribution is 5.80. The van der Waals surface area contributed by atoms with Crippen LogP contribution in [0.4, 0.5) is 5.82 Å². The van der Waals surface area contributed by atoms with Crippen LogP contribution in [0.15, 0.2) is 18.3 Å². The molecule has 0 bridgehead atoms. The minimum Gasteiger partial charge on any atom is -0.383 e. The molecular weight excluding hydrogens is 188 g/mol. The maximum Gasteiger partial charge on any atom is 0.133 e. The molecule has 0 spiro atoms. The Morgan fingerprint density at radius 1 is 1.53 bits per heavy atom. The van der Waals surface area contributed by atoms with Crippen molar-refractivity contribution in [3.05, 3.63) is 23.9 Å². The third-order valence-corrected chi connectivity index (χ3v) is 3.28. The Balaban J connectivity index is 2.29. The van der Waals surface area contributed by atoms with Gasteiger partial charge in [0.05, 0.1) is 0 Å². The first kappa shape index (κ1) is 10.1. The van der Waals surface area contributed by atoms with Crippen LogP contribution in [0.3, 0.4) is 0 Å². The van der Waals surface area contributed by atoms with E-state index in [1.54, 1.807) is 6.20 Å². The Bertz CT molecular complexity index is 376. The van der Waals surface area contributed by atoms with Gasteiger partial charge in [-0.25, -0.2) is 4.98 Å². The van der Waals surface area contributed by atoms with Gasteiger partial charge in [-0.1, -0.05) is 13.0 Å². The molecular formula is C12H16N2O. The summed E-state index contributed by atoms with van der Waals surface area (Å²) in [6.07, 6.45) is 4.00. The smallest absolute Gasteiger partial charge is 0.133 e. The molecule has 2 unspecified atom stereocenters. The molecule has 1 aromatic rings. The Morgan fingerprint density at radius 2 is 2.33 bits per heavy atom. The average Bonchev–Trinajstić information content (AvgIpc) is 2.23. The third kappa shape index (κ3) is 2.01. The van der Waals surface area contributed by atoms with Crippen LogP contribution in [0.2, 0.25) is 0 Å². The van der Waals surface area contributed by atoms with Crippen LogP contribution in [-0.2, 0) is 4.79 Å². The van der Waals surface area contributed by atoms with E-state index in [0.29, 0.717) is 23.9 Å². The van der Waals surface area contributed by atoms with E-state index in [0.717, 1.165) is 18.4 Å². The first-order valence-electron chi connectivity index (χ1n) is 5.40. The standard InChI is InChI=1S/C12H16N2O/c1-8-4-5-9(15)7-11(8)10-3-2-6-14-12(10)13/h2-3,6,8,11H,4-5,7H2,1H3,(H2,13,14). The van der Waals surface area contributed by atoms with Crippen molar-refractivity contribution in [3.8, 4) is 0 Å². The first-order chi connectivity index (χ1) is 7.18. The molecule has 1 aromatic heterocycles. The highest BCUT2D eigenvalue weighted by Crippen LogP contribution is 2.37. The number of carbonyl (C=O) groups is 1. The molecule has 0 aliphatic heterocycles. The van der Waals surface area contributed by atoms with Gasteiger partial charge in [0.15, 0.2) is 0 Å². The Kier molecular flexibility index (Phi) is 2.71. The fourth-order valence-electron chi connectivity index (χ4n) is 2.30. The molecule has 2 rings (SSSR count). The molecule has 0 amide bonds. The molecule has 2 atom stereocenters. The molecule has 0 saturated heterocycles. The maximum absolute atomic E-state index is 11.4. The number of hydrogen-bond acceptors (Lipinski definition) is 3. The Hall–Kier alpha value is -1.38. The van der Waals surface area contributed by atoms with E-state index in [9.17, 15) is 4.79 Å². The number of rotatable bonds is 1. The minimum atomic E-state index is 0.264. The second-order valence-electron chi connectivity index (χ2n) is 4.34. The summed E-state index contributed by atoms with van der Waals surface area (Å²) >= 11 is 0. The van der Waals surface area contributed by atoms with Crippen LogP contribution >= 0.6 is 0 Å². The van der Waals surface area contributed by atoms with Crippen LogP contribution in [0.25, 0.3) is 0 Å². The fraction of sp³-hybridized carbons (Fsp3) is 0.500. The van der Waals surface area contributed by atoms with Gasteiger partial charge in [0.1, 0.15) is 11.6 Å². The van der Waals surface area contributed by atoms with Crippen molar-refractivity contribution in [2.24, 2.45) is 5.92 Å². The minimum absolute atomic E-state index is 0.264. The summed E-state index contributed by atoms with van der Waals surface area (Å²) in [7, 11) is 0. The van der Waals surface area contributed by atoms with Gasteiger partial charge >= 0.3 is 0 Å². The topological polar surface area (TPSA) is 56.0 Å². The Labute approximate surface area is 89.7 Å². The number of ketones is 1. The lowest BCUT2D eigenvalue weighted by Crippen LogP contribution is -2.22. The monoisotopic (exact) mass is 204 g/mol. The molecule has 2 N–H and O–H groups in total. The summed E-state index contributed by atoms with van der Waals surface area (Å²) in [4.78, 5) is 15.5. The van der Waals surface area contributed by atoms with E-state index in [-0.39, 0.29) is 5.92 Å². The van der Waals surface area contributed by atoms with Gasteiger partial charge < -0.3 is 5.73 Å². The van der Waals surface area contributed by atoms with Crippen molar-refractivity contribution in [1.29, 1.82) is 0 Å². The van der Waals surface area contributed by atoms with E-state index in [2.05, 4.69) is 11.9 Å². The zero-order chi connectivity index (χ0) is 10.8. The second-order valence-corrected chi connectivity index (χ2v) is 4.34. The molecule has 3 nitrogen and oxygen atoms in total. The molecule has 3 heteroatoms. The molecule has 1 aliphatic rings. The van der Waals surface area contributed by atoms with Gasteiger partial charge in [0.25, 0.3) is 0 Å². The average molecular weight is 204 g/mol. The fourth-order valence-corrected chi connectivity index (χ4v) is 2.30. The largest absolute Gasteiger partial charge is 0.383 e. The number of nitrogens with zero attached hydrogens (tertiary/aromatic N) is 1. The number of anilines is 1. The van der Waals surface area contributed by atoms with Crippen molar-refractivity contribution >= 4 is 11.6 Å². The number of carbonyl (C=O) groups excluding carboxylic acids is 1. The highest BCUT2D eigenvalue weighted by atomic mass is 16.1. The van der Waals surface area contributed by atoms with Crippen LogP contribution in [-0.4, -0.2) is 10.8 Å². The number of aromatic nitrogens is 1. The number of nitrogens with two attached hydrogens (primary N) is 1. The van der Waals surface area contributed by atoms with Crippen molar-refractivity contribution < 1.29 is 4.79 Å². The lowest BCUT2D eigenvalue weighted by molar-refractivity contribution is -0.121. The third-order valence-electron chi connectivity index (χ3n) is 3.28. The summed E-state index contributed by atoms with van der Waals surface area (Å²) in [6, 6.07) is 3.87. The number of nitrogen functional groups attached to an aromatic ring is 1. The van der Waals surface area contributed by atoms with Crippen molar-refractivity contribution in [1.82, 2.24) is 4.98 Å². The van der Waals surface area contributed by atoms with Crippen LogP contribution in [0.5, 0.6) is 0 Å². The summed E-state index contributed by atoms with van der Waals surface area (Å²) in [6.45, 7) is 2.18. The summed E-state index contributed by atoms with van der Waals surface area (Å²) in [5.41, 5.74) is 6.88. The SMILES string of the molecule is CC1CCC(=O)CC1c1cccnc1N. The van der Waals surface area contributed by atoms with E-state index in [1.807, 2.05) is 12.1 Å². The van der Waals surface area contributed by atoms with Crippen molar-refractivity contribution in [2.45, 2.75) is 32.1 Å². The molecule has 0 aromatic carbocycles. The zero-order valence-corrected chi connectivity index (χ0v) is 8.94. The van der Waals surface area contributed by atoms with Crippen molar-refractivity contribution in [2.75, 3.05) is 5.73 Å². The predicted molar refractivity (Wildman–Crippen MR) is 59.4 cm³/mol. The van der Waals surface area contributed by atoms with Gasteiger partial charge in [-0.3, -0.25) is 4.79 Å². The van der Waals surface area contributed by atoms with Gasteiger partial charge in [-0.15, -0.1) is 0 Å². The first-order valence-corrected chi connectivity index (χ1v) is 5.40. The molecule has 15 heavy (non-hydrogen) atoms. The van der Waals surface area contributed by atoms with E-state index >= 15 is 0 Å². The van der Waals surface area contributed by atoms with Crippen LogP contribution in [0, 0.1) is 5.92 Å². The molecule has 0 radical (unpaired) electrons. The lowest BCUT2D eigenvalue weighted by Gasteiger charge is -2.28. The maximum atomic E-state index is 11.4. The summed E-state index contributed by atoms with van der Waals surface area (Å²) < 4.78 is 0. The molecule has 1 fully saturated rings. The van der Waals surface area contributed by atoms with Crippen molar-refractivity contribution in [3.63, 3.8) is 0 Å². The zero-order valence-electron chi connectivity index (χ0n) is 8.94. The van der Waals surface area contributed by atoms with Gasteiger partial charge in [0.2, 0.25) is 0 Å². The number of hydrogen-bond donors (Lipinski definition) is 1. The normalized spacial score (nSPS) is 26.6. The quantitative estimate of drug-likeness (QED) is 0.762. The molecule has 1 heterocycles. The lowest BCUT2D eigenvalue weighted by atomic mass is 9.76. The van der Waals surface area contributed by atoms with Gasteiger partial charge in [-0.2, -0.15) is 0 Å². The van der Waals surface area contributed by atoms with E-state index in [1.165, 1.54) is 0 Å². The highest BCUT2D eigenvalue weighted by Gasteiger charge is 2.28. The second kappa shape index (κ2) is 4.01. The van der Waals surface area contributed by atoms with Gasteiger partial charge in [-0.05, 0) is 29.9 Å². The molecule has 1 saturated carbocycles.